The Bertz CT molecular complexity index is 968. The van der Waals surface area contributed by atoms with Crippen LogP contribution in [0.5, 0.6) is 0 Å². The van der Waals surface area contributed by atoms with Crippen molar-refractivity contribution in [1.82, 2.24) is 24.8 Å². The Hall–Kier alpha value is -2.42. The van der Waals surface area contributed by atoms with E-state index in [1.165, 1.54) is 5.01 Å². The molecule has 0 unspecified atom stereocenters. The van der Waals surface area contributed by atoms with Gasteiger partial charge in [-0.25, -0.2) is 15.0 Å². The number of nitrogens with zero attached hydrogens (tertiary/aromatic N) is 5. The standard InChI is InChI=1S/C20H22N6OS/c1-14-13-28-17(23-14)11-26-7-4-20(5-8-26)18-15(12-27-20)9-22-19(25-18)24-16-3-2-6-21-10-16/h2-3,6,9-10,13H,4-5,7-8,11-12H2,1H3,(H,22,24,25). The van der Waals surface area contributed by atoms with Crippen molar-refractivity contribution in [3.8, 4) is 0 Å². The highest BCUT2D eigenvalue weighted by Gasteiger charge is 2.44. The van der Waals surface area contributed by atoms with Gasteiger partial charge in [0.05, 0.1) is 30.7 Å². The van der Waals surface area contributed by atoms with E-state index in [2.05, 4.69) is 30.5 Å². The number of fused-ring (bicyclic) bond motifs is 2. The number of likely N-dealkylation sites (tertiary alicyclic amines) is 1. The number of pyridine rings is 1. The lowest BCUT2D eigenvalue weighted by atomic mass is 9.87. The lowest BCUT2D eigenvalue weighted by Crippen LogP contribution is -2.42. The number of aryl methyl sites for hydroxylation is 1. The summed E-state index contributed by atoms with van der Waals surface area (Å²) in [7, 11) is 0. The van der Waals surface area contributed by atoms with Crippen LogP contribution in [-0.2, 0) is 23.5 Å². The number of anilines is 2. The van der Waals surface area contributed by atoms with Gasteiger partial charge in [-0.2, -0.15) is 0 Å². The minimum Gasteiger partial charge on any atom is -0.364 e. The van der Waals surface area contributed by atoms with E-state index in [4.69, 9.17) is 9.72 Å². The summed E-state index contributed by atoms with van der Waals surface area (Å²) in [4.78, 5) is 20.5. The van der Waals surface area contributed by atoms with Gasteiger partial charge < -0.3 is 10.1 Å². The molecule has 0 bridgehead atoms. The van der Waals surface area contributed by atoms with E-state index < -0.39 is 0 Å². The molecule has 2 aliphatic rings. The van der Waals surface area contributed by atoms with Crippen molar-refractivity contribution in [3.05, 3.63) is 58.1 Å². The van der Waals surface area contributed by atoms with Gasteiger partial charge in [0.25, 0.3) is 0 Å². The van der Waals surface area contributed by atoms with Crippen LogP contribution in [0.1, 0.15) is 34.8 Å². The summed E-state index contributed by atoms with van der Waals surface area (Å²) in [5, 5.41) is 6.54. The topological polar surface area (TPSA) is 76.1 Å². The Morgan fingerprint density at radius 2 is 2.14 bits per heavy atom. The number of thiazole rings is 1. The Morgan fingerprint density at radius 1 is 1.25 bits per heavy atom. The van der Waals surface area contributed by atoms with E-state index in [9.17, 15) is 0 Å². The molecule has 3 aromatic heterocycles. The van der Waals surface area contributed by atoms with Crippen molar-refractivity contribution in [2.24, 2.45) is 0 Å². The first-order valence-corrected chi connectivity index (χ1v) is 10.4. The van der Waals surface area contributed by atoms with Gasteiger partial charge >= 0.3 is 0 Å². The van der Waals surface area contributed by atoms with Crippen LogP contribution in [0.25, 0.3) is 0 Å². The van der Waals surface area contributed by atoms with Crippen LogP contribution in [0.2, 0.25) is 0 Å². The molecule has 1 N–H and O–H groups in total. The summed E-state index contributed by atoms with van der Waals surface area (Å²) in [6.07, 6.45) is 7.28. The van der Waals surface area contributed by atoms with Crippen LogP contribution < -0.4 is 5.32 Å². The van der Waals surface area contributed by atoms with E-state index in [0.29, 0.717) is 12.6 Å². The summed E-state index contributed by atoms with van der Waals surface area (Å²) in [5.41, 5.74) is 3.83. The number of hydrogen-bond donors (Lipinski definition) is 1. The average molecular weight is 395 g/mol. The molecule has 5 rings (SSSR count). The van der Waals surface area contributed by atoms with Gasteiger partial charge in [-0.3, -0.25) is 9.88 Å². The minimum atomic E-state index is -0.293. The van der Waals surface area contributed by atoms with E-state index >= 15 is 0 Å². The molecule has 1 saturated heterocycles. The third kappa shape index (κ3) is 3.39. The fourth-order valence-electron chi connectivity index (χ4n) is 3.94. The van der Waals surface area contributed by atoms with Crippen molar-refractivity contribution < 1.29 is 4.74 Å². The highest BCUT2D eigenvalue weighted by Crippen LogP contribution is 2.43. The zero-order valence-corrected chi connectivity index (χ0v) is 16.6. The Balaban J connectivity index is 1.31. The first-order valence-electron chi connectivity index (χ1n) is 9.51. The number of nitrogens with one attached hydrogen (secondary N) is 1. The fourth-order valence-corrected chi connectivity index (χ4v) is 4.75. The Labute approximate surface area is 167 Å². The summed E-state index contributed by atoms with van der Waals surface area (Å²) >= 11 is 1.74. The molecule has 7 nitrogen and oxygen atoms in total. The van der Waals surface area contributed by atoms with Crippen LogP contribution in [0, 0.1) is 6.92 Å². The van der Waals surface area contributed by atoms with E-state index in [-0.39, 0.29) is 5.60 Å². The van der Waals surface area contributed by atoms with Crippen LogP contribution in [0.3, 0.4) is 0 Å². The van der Waals surface area contributed by atoms with Crippen molar-refractivity contribution in [2.75, 3.05) is 18.4 Å². The summed E-state index contributed by atoms with van der Waals surface area (Å²) in [6.45, 7) is 5.51. The number of hydrogen-bond acceptors (Lipinski definition) is 8. The first kappa shape index (κ1) is 17.7. The molecule has 2 aliphatic heterocycles. The van der Waals surface area contributed by atoms with Crippen LogP contribution >= 0.6 is 11.3 Å². The highest BCUT2D eigenvalue weighted by atomic mass is 32.1. The number of ether oxygens (including phenoxy) is 1. The molecule has 3 aromatic rings. The molecule has 144 valence electrons. The smallest absolute Gasteiger partial charge is 0.227 e. The molecule has 0 atom stereocenters. The second-order valence-corrected chi connectivity index (χ2v) is 8.32. The lowest BCUT2D eigenvalue weighted by Gasteiger charge is -2.38. The molecule has 5 heterocycles. The quantitative estimate of drug-likeness (QED) is 0.727. The van der Waals surface area contributed by atoms with Gasteiger partial charge in [-0.15, -0.1) is 11.3 Å². The lowest BCUT2D eigenvalue weighted by molar-refractivity contribution is -0.0819. The molecule has 1 spiro atoms. The zero-order chi connectivity index (χ0) is 19.0. The van der Waals surface area contributed by atoms with Gasteiger partial charge in [0.1, 0.15) is 10.6 Å². The first-order chi connectivity index (χ1) is 13.7. The molecule has 0 amide bonds. The maximum Gasteiger partial charge on any atom is 0.227 e. The van der Waals surface area contributed by atoms with Crippen LogP contribution in [-0.4, -0.2) is 37.9 Å². The van der Waals surface area contributed by atoms with E-state index in [1.807, 2.05) is 25.3 Å². The Morgan fingerprint density at radius 3 is 2.89 bits per heavy atom. The highest BCUT2D eigenvalue weighted by molar-refractivity contribution is 7.09. The van der Waals surface area contributed by atoms with Crippen molar-refractivity contribution in [3.63, 3.8) is 0 Å². The van der Waals surface area contributed by atoms with E-state index in [0.717, 1.165) is 55.1 Å². The minimum absolute atomic E-state index is 0.293. The normalized spacial score (nSPS) is 18.3. The summed E-state index contributed by atoms with van der Waals surface area (Å²) in [6, 6.07) is 3.84. The fraction of sp³-hybridized carbons (Fsp3) is 0.400. The van der Waals surface area contributed by atoms with Crippen molar-refractivity contribution in [1.29, 1.82) is 0 Å². The van der Waals surface area contributed by atoms with Gasteiger partial charge in [0.15, 0.2) is 0 Å². The van der Waals surface area contributed by atoms with E-state index in [1.54, 1.807) is 23.7 Å². The predicted molar refractivity (Wildman–Crippen MR) is 107 cm³/mol. The molecule has 0 aromatic carbocycles. The zero-order valence-electron chi connectivity index (χ0n) is 15.8. The third-order valence-corrected chi connectivity index (χ3v) is 6.36. The number of rotatable bonds is 4. The van der Waals surface area contributed by atoms with Crippen LogP contribution in [0.15, 0.2) is 36.1 Å². The summed E-state index contributed by atoms with van der Waals surface area (Å²) in [5.74, 6) is 0.595. The molecule has 1 fully saturated rings. The summed E-state index contributed by atoms with van der Waals surface area (Å²) < 4.78 is 6.28. The van der Waals surface area contributed by atoms with Gasteiger partial charge in [0.2, 0.25) is 5.95 Å². The SMILES string of the molecule is Cc1csc(CN2CCC3(CC2)OCc2cnc(Nc4cccnc4)nc23)n1. The molecular formula is C20H22N6OS. The molecular weight excluding hydrogens is 372 g/mol. The Kier molecular flexibility index (Phi) is 4.54. The largest absolute Gasteiger partial charge is 0.364 e. The number of aromatic nitrogens is 4. The van der Waals surface area contributed by atoms with Crippen molar-refractivity contribution in [2.45, 2.75) is 38.5 Å². The average Bonchev–Trinajstić information content (AvgIpc) is 3.28. The maximum absolute atomic E-state index is 6.28. The second-order valence-electron chi connectivity index (χ2n) is 7.38. The molecule has 8 heteroatoms. The van der Waals surface area contributed by atoms with Gasteiger partial charge in [0, 0.05) is 42.1 Å². The third-order valence-electron chi connectivity index (χ3n) is 5.41. The molecule has 0 saturated carbocycles. The molecule has 28 heavy (non-hydrogen) atoms. The molecule has 0 radical (unpaired) electrons. The van der Waals surface area contributed by atoms with Gasteiger partial charge in [-0.1, -0.05) is 0 Å². The van der Waals surface area contributed by atoms with Crippen LogP contribution in [0.4, 0.5) is 11.6 Å². The maximum atomic E-state index is 6.28. The monoisotopic (exact) mass is 394 g/mol. The van der Waals surface area contributed by atoms with Crippen molar-refractivity contribution >= 4 is 23.0 Å². The second kappa shape index (κ2) is 7.20. The molecule has 0 aliphatic carbocycles. The number of piperidine rings is 1. The predicted octanol–water partition coefficient (Wildman–Crippen LogP) is 3.40. The van der Waals surface area contributed by atoms with Gasteiger partial charge in [-0.05, 0) is 31.9 Å².